The Morgan fingerprint density at radius 3 is 3.27 bits per heavy atom. The standard InChI is InChI=1S/C7H13N3O2S3/c8-5(7(11)12)3-6-9-4-10(15-6)14-2-1-13/h1,5-6,9H,2-4,8H2,(H,11,12). The van der Waals surface area contributed by atoms with E-state index >= 15 is 0 Å². The molecule has 0 aliphatic carbocycles. The molecule has 2 atom stereocenters. The van der Waals surface area contributed by atoms with Gasteiger partial charge in [-0.05, 0) is 23.7 Å². The van der Waals surface area contributed by atoms with Gasteiger partial charge < -0.3 is 10.8 Å². The average Bonchev–Trinajstić information content (AvgIpc) is 2.62. The lowest BCUT2D eigenvalue weighted by Gasteiger charge is -2.12. The molecule has 1 aliphatic heterocycles. The number of nitrogens with two attached hydrogens (primary N) is 1. The van der Waals surface area contributed by atoms with E-state index in [0.717, 1.165) is 12.4 Å². The zero-order valence-electron chi connectivity index (χ0n) is 7.96. The third kappa shape index (κ3) is 4.66. The zero-order valence-corrected chi connectivity index (χ0v) is 10.4. The van der Waals surface area contributed by atoms with E-state index in [1.165, 1.54) is 0 Å². The van der Waals surface area contributed by atoms with Crippen molar-refractivity contribution in [2.75, 3.05) is 12.4 Å². The highest BCUT2D eigenvalue weighted by molar-refractivity contribution is 8.13. The SMILES string of the molecule is NC(CC1NCN(SCC=S)S1)C(=O)O. The predicted octanol–water partition coefficient (Wildman–Crippen LogP) is 0.273. The van der Waals surface area contributed by atoms with E-state index in [9.17, 15) is 4.79 Å². The van der Waals surface area contributed by atoms with E-state index in [2.05, 4.69) is 5.32 Å². The number of rotatable bonds is 6. The maximum atomic E-state index is 10.5. The fourth-order valence-corrected chi connectivity index (χ4v) is 3.23. The Balaban J connectivity index is 2.24. The normalized spacial score (nSPS) is 23.9. The van der Waals surface area contributed by atoms with Gasteiger partial charge in [0.05, 0.1) is 12.0 Å². The second-order valence-corrected chi connectivity index (χ2v) is 5.75. The molecule has 1 rings (SSSR count). The Morgan fingerprint density at radius 1 is 1.93 bits per heavy atom. The van der Waals surface area contributed by atoms with Gasteiger partial charge in [-0.3, -0.25) is 10.1 Å². The van der Waals surface area contributed by atoms with Gasteiger partial charge in [-0.2, -0.15) is 3.71 Å². The third-order valence-electron chi connectivity index (χ3n) is 1.76. The van der Waals surface area contributed by atoms with E-state index < -0.39 is 12.0 Å². The molecule has 0 saturated carbocycles. The number of hydrogen-bond acceptors (Lipinski definition) is 7. The van der Waals surface area contributed by atoms with Crippen LogP contribution < -0.4 is 11.1 Å². The summed E-state index contributed by atoms with van der Waals surface area (Å²) in [4.78, 5) is 10.5. The fourth-order valence-electron chi connectivity index (χ4n) is 1.04. The van der Waals surface area contributed by atoms with Gasteiger partial charge in [0.25, 0.3) is 0 Å². The molecule has 15 heavy (non-hydrogen) atoms. The zero-order chi connectivity index (χ0) is 11.3. The van der Waals surface area contributed by atoms with Crippen LogP contribution in [0.15, 0.2) is 0 Å². The van der Waals surface area contributed by atoms with Crippen LogP contribution in [0.25, 0.3) is 0 Å². The molecule has 1 heterocycles. The first-order chi connectivity index (χ1) is 7.13. The van der Waals surface area contributed by atoms with Crippen molar-refractivity contribution in [3.8, 4) is 0 Å². The molecule has 1 saturated heterocycles. The number of carbonyl (C=O) groups is 1. The lowest BCUT2D eigenvalue weighted by molar-refractivity contribution is -0.138. The Morgan fingerprint density at radius 2 is 2.67 bits per heavy atom. The molecule has 0 aromatic carbocycles. The minimum Gasteiger partial charge on any atom is -0.480 e. The summed E-state index contributed by atoms with van der Waals surface area (Å²) in [6, 6.07) is -0.800. The van der Waals surface area contributed by atoms with Gasteiger partial charge in [0, 0.05) is 5.75 Å². The molecule has 0 spiro atoms. The molecule has 8 heteroatoms. The van der Waals surface area contributed by atoms with Crippen molar-refractivity contribution in [3.63, 3.8) is 0 Å². The van der Waals surface area contributed by atoms with Crippen molar-refractivity contribution >= 4 is 47.5 Å². The van der Waals surface area contributed by atoms with Gasteiger partial charge in [-0.15, -0.1) is 0 Å². The largest absolute Gasteiger partial charge is 0.480 e. The highest BCUT2D eigenvalue weighted by Gasteiger charge is 2.26. The van der Waals surface area contributed by atoms with E-state index in [4.69, 9.17) is 23.1 Å². The second-order valence-electron chi connectivity index (χ2n) is 2.93. The minimum atomic E-state index is -0.956. The van der Waals surface area contributed by atoms with Crippen LogP contribution in [0.5, 0.6) is 0 Å². The van der Waals surface area contributed by atoms with E-state index in [1.807, 2.05) is 3.71 Å². The van der Waals surface area contributed by atoms with Crippen molar-refractivity contribution in [3.05, 3.63) is 0 Å². The number of hydrogen-bond donors (Lipinski definition) is 3. The molecular formula is C7H13N3O2S3. The molecule has 2 unspecified atom stereocenters. The molecule has 4 N–H and O–H groups in total. The first-order valence-corrected chi connectivity index (χ1v) is 6.61. The summed E-state index contributed by atoms with van der Waals surface area (Å²) in [5.41, 5.74) is 5.44. The lowest BCUT2D eigenvalue weighted by atomic mass is 10.2. The summed E-state index contributed by atoms with van der Waals surface area (Å²) in [6.45, 7) is 0.718. The van der Waals surface area contributed by atoms with Crippen LogP contribution in [-0.4, -0.2) is 44.0 Å². The maximum absolute atomic E-state index is 10.5. The van der Waals surface area contributed by atoms with Crippen LogP contribution in [0.2, 0.25) is 0 Å². The summed E-state index contributed by atoms with van der Waals surface area (Å²) in [7, 11) is 0. The molecular weight excluding hydrogens is 254 g/mol. The number of aliphatic carboxylic acids is 1. The Bertz CT molecular complexity index is 242. The van der Waals surface area contributed by atoms with Crippen LogP contribution in [-0.2, 0) is 4.79 Å². The number of carboxylic acid groups (broad SMARTS) is 1. The van der Waals surface area contributed by atoms with Gasteiger partial charge in [0.1, 0.15) is 6.04 Å². The van der Waals surface area contributed by atoms with Crippen LogP contribution >= 0.6 is 36.1 Å². The molecule has 0 aromatic rings. The highest BCUT2D eigenvalue weighted by atomic mass is 32.2. The molecule has 0 amide bonds. The molecule has 5 nitrogen and oxygen atoms in total. The first-order valence-electron chi connectivity index (χ1n) is 4.36. The van der Waals surface area contributed by atoms with Crippen LogP contribution in [0.4, 0.5) is 0 Å². The summed E-state index contributed by atoms with van der Waals surface area (Å²) >= 11 is 7.90. The Labute approximate surface area is 102 Å². The van der Waals surface area contributed by atoms with Gasteiger partial charge >= 0.3 is 5.97 Å². The summed E-state index contributed by atoms with van der Waals surface area (Å²) in [5, 5.41) is 13.6. The van der Waals surface area contributed by atoms with Crippen LogP contribution in [0, 0.1) is 0 Å². The van der Waals surface area contributed by atoms with Gasteiger partial charge in [0.15, 0.2) is 0 Å². The molecule has 1 aliphatic rings. The second kappa shape index (κ2) is 6.66. The van der Waals surface area contributed by atoms with Gasteiger partial charge in [-0.1, -0.05) is 24.2 Å². The highest BCUT2D eigenvalue weighted by Crippen LogP contribution is 2.30. The van der Waals surface area contributed by atoms with Crippen LogP contribution in [0.1, 0.15) is 6.42 Å². The van der Waals surface area contributed by atoms with Crippen molar-refractivity contribution in [2.24, 2.45) is 5.73 Å². The van der Waals surface area contributed by atoms with Crippen molar-refractivity contribution in [2.45, 2.75) is 17.8 Å². The van der Waals surface area contributed by atoms with E-state index in [0.29, 0.717) is 6.42 Å². The monoisotopic (exact) mass is 267 g/mol. The molecule has 1 fully saturated rings. The van der Waals surface area contributed by atoms with Crippen LogP contribution in [0.3, 0.4) is 0 Å². The van der Waals surface area contributed by atoms with Crippen molar-refractivity contribution in [1.82, 2.24) is 9.03 Å². The molecule has 86 valence electrons. The van der Waals surface area contributed by atoms with Gasteiger partial charge in [-0.25, -0.2) is 0 Å². The molecule has 0 aromatic heterocycles. The molecule has 0 bridgehead atoms. The average molecular weight is 267 g/mol. The smallest absolute Gasteiger partial charge is 0.320 e. The Kier molecular flexibility index (Phi) is 5.87. The first kappa shape index (κ1) is 13.2. The Hall–Kier alpha value is 0.140. The fraction of sp³-hybridized carbons (Fsp3) is 0.714. The van der Waals surface area contributed by atoms with Crippen molar-refractivity contribution < 1.29 is 9.90 Å². The summed E-state index contributed by atoms with van der Waals surface area (Å²) < 4.78 is 2.04. The van der Waals surface area contributed by atoms with Gasteiger partial charge in [0.2, 0.25) is 0 Å². The molecule has 0 radical (unpaired) electrons. The topological polar surface area (TPSA) is 78.6 Å². The summed E-state index contributed by atoms with van der Waals surface area (Å²) in [6.07, 6.45) is 0.425. The number of nitrogens with one attached hydrogen (secondary N) is 1. The quantitative estimate of drug-likeness (QED) is 0.468. The number of carboxylic acids is 1. The minimum absolute atomic E-state index is 0.0775. The van der Waals surface area contributed by atoms with Crippen molar-refractivity contribution in [1.29, 1.82) is 0 Å². The maximum Gasteiger partial charge on any atom is 0.320 e. The summed E-state index contributed by atoms with van der Waals surface area (Å²) in [5.74, 6) is -0.177. The van der Waals surface area contributed by atoms with E-state index in [-0.39, 0.29) is 5.37 Å². The predicted molar refractivity (Wildman–Crippen MR) is 67.6 cm³/mol. The number of nitrogens with zero attached hydrogens (tertiary/aromatic N) is 1. The third-order valence-corrected chi connectivity index (χ3v) is 4.43. The number of thiocarbonyl (C=S) groups is 1. The lowest BCUT2D eigenvalue weighted by Crippen LogP contribution is -2.36. The van der Waals surface area contributed by atoms with E-state index in [1.54, 1.807) is 29.3 Å².